The first-order valence-electron chi connectivity index (χ1n) is 7.78. The van der Waals surface area contributed by atoms with Crippen LogP contribution in [0, 0.1) is 17.5 Å². The smallest absolute Gasteiger partial charge is 0.246 e. The Morgan fingerprint density at radius 3 is 2.36 bits per heavy atom. The fraction of sp³-hybridized carbons (Fsp3) is 0.375. The summed E-state index contributed by atoms with van der Waals surface area (Å²) in [7, 11) is -4.19. The molecule has 0 aliphatic carbocycles. The first-order valence-corrected chi connectivity index (χ1v) is 10.1. The van der Waals surface area contributed by atoms with Gasteiger partial charge in [0.25, 0.3) is 0 Å². The van der Waals surface area contributed by atoms with Gasteiger partial charge in [0.2, 0.25) is 10.0 Å². The number of thiophene rings is 1. The van der Waals surface area contributed by atoms with Gasteiger partial charge < -0.3 is 4.90 Å². The van der Waals surface area contributed by atoms with Crippen LogP contribution in [0.3, 0.4) is 0 Å². The van der Waals surface area contributed by atoms with Crippen molar-refractivity contribution in [2.24, 2.45) is 0 Å². The van der Waals surface area contributed by atoms with Crippen LogP contribution < -0.4 is 0 Å². The third-order valence-corrected chi connectivity index (χ3v) is 7.06. The lowest BCUT2D eigenvalue weighted by atomic mass is 10.3. The summed E-state index contributed by atoms with van der Waals surface area (Å²) in [6.07, 6.45) is 0.891. The zero-order valence-electron chi connectivity index (χ0n) is 13.3. The maximum absolute atomic E-state index is 13.8. The van der Waals surface area contributed by atoms with E-state index in [4.69, 9.17) is 0 Å². The number of benzene rings is 1. The number of piperazine rings is 1. The summed E-state index contributed by atoms with van der Waals surface area (Å²) in [5, 5.41) is 2.01. The minimum absolute atomic E-state index is 0.186. The highest BCUT2D eigenvalue weighted by molar-refractivity contribution is 7.89. The molecule has 25 heavy (non-hydrogen) atoms. The van der Waals surface area contributed by atoms with E-state index in [0.29, 0.717) is 19.2 Å². The molecule has 2 aromatic rings. The molecule has 0 amide bonds. The van der Waals surface area contributed by atoms with E-state index >= 15 is 0 Å². The predicted molar refractivity (Wildman–Crippen MR) is 89.5 cm³/mol. The van der Waals surface area contributed by atoms with Crippen molar-refractivity contribution in [1.29, 1.82) is 0 Å². The SMILES string of the molecule is O=S(=O)(c1ccc(F)c(F)c1F)N1CCN(CCc2cccs2)CC1. The Bertz CT molecular complexity index is 833. The summed E-state index contributed by atoms with van der Waals surface area (Å²) in [4.78, 5) is 2.57. The number of hydrogen-bond donors (Lipinski definition) is 0. The Hall–Kier alpha value is -1.42. The zero-order chi connectivity index (χ0) is 18.0. The molecule has 0 spiro atoms. The second kappa shape index (κ2) is 7.45. The molecule has 1 aliphatic heterocycles. The highest BCUT2D eigenvalue weighted by Crippen LogP contribution is 2.24. The van der Waals surface area contributed by atoms with Gasteiger partial charge in [-0.15, -0.1) is 11.3 Å². The van der Waals surface area contributed by atoms with E-state index in [1.807, 2.05) is 11.4 Å². The summed E-state index contributed by atoms with van der Waals surface area (Å²) >= 11 is 1.68. The molecule has 0 radical (unpaired) electrons. The highest BCUT2D eigenvalue weighted by Gasteiger charge is 2.32. The van der Waals surface area contributed by atoms with Crippen molar-refractivity contribution in [1.82, 2.24) is 9.21 Å². The monoisotopic (exact) mass is 390 g/mol. The van der Waals surface area contributed by atoms with Crippen molar-refractivity contribution in [3.8, 4) is 0 Å². The molecule has 1 aromatic heterocycles. The molecular formula is C16H17F3N2O2S2. The van der Waals surface area contributed by atoms with E-state index in [0.717, 1.165) is 23.3 Å². The normalized spacial score (nSPS) is 17.1. The molecule has 1 aliphatic rings. The number of nitrogens with zero attached hydrogens (tertiary/aromatic N) is 2. The van der Waals surface area contributed by atoms with E-state index < -0.39 is 32.4 Å². The van der Waals surface area contributed by atoms with Crippen LogP contribution in [0.2, 0.25) is 0 Å². The van der Waals surface area contributed by atoms with Crippen LogP contribution in [0.15, 0.2) is 34.5 Å². The summed E-state index contributed by atoms with van der Waals surface area (Å²) in [5.74, 6) is -4.84. The zero-order valence-corrected chi connectivity index (χ0v) is 14.9. The van der Waals surface area contributed by atoms with Crippen molar-refractivity contribution in [3.05, 3.63) is 52.0 Å². The van der Waals surface area contributed by atoms with Gasteiger partial charge in [0.05, 0.1) is 0 Å². The minimum atomic E-state index is -4.19. The van der Waals surface area contributed by atoms with Gasteiger partial charge >= 0.3 is 0 Å². The van der Waals surface area contributed by atoms with Gasteiger partial charge in [0, 0.05) is 37.6 Å². The third-order valence-electron chi connectivity index (χ3n) is 4.20. The second-order valence-electron chi connectivity index (χ2n) is 5.75. The fourth-order valence-electron chi connectivity index (χ4n) is 2.76. The average Bonchev–Trinajstić information content (AvgIpc) is 3.11. The molecule has 136 valence electrons. The Balaban J connectivity index is 1.64. The van der Waals surface area contributed by atoms with Crippen molar-refractivity contribution < 1.29 is 21.6 Å². The molecule has 0 atom stereocenters. The molecular weight excluding hydrogens is 373 g/mol. The Kier molecular flexibility index (Phi) is 5.47. The van der Waals surface area contributed by atoms with E-state index in [1.165, 1.54) is 4.88 Å². The molecule has 1 fully saturated rings. The lowest BCUT2D eigenvalue weighted by Gasteiger charge is -2.33. The second-order valence-corrected chi connectivity index (χ2v) is 8.69. The van der Waals surface area contributed by atoms with Gasteiger partial charge in [-0.05, 0) is 30.0 Å². The van der Waals surface area contributed by atoms with Gasteiger partial charge in [0.1, 0.15) is 4.90 Å². The fourth-order valence-corrected chi connectivity index (χ4v) is 4.94. The van der Waals surface area contributed by atoms with Gasteiger partial charge in [0.15, 0.2) is 17.5 Å². The molecule has 0 saturated carbocycles. The van der Waals surface area contributed by atoms with E-state index in [9.17, 15) is 21.6 Å². The number of halogens is 3. The summed E-state index contributed by atoms with van der Waals surface area (Å²) in [6, 6.07) is 5.44. The van der Waals surface area contributed by atoms with Crippen LogP contribution >= 0.6 is 11.3 Å². The van der Waals surface area contributed by atoms with Crippen molar-refractivity contribution in [2.75, 3.05) is 32.7 Å². The van der Waals surface area contributed by atoms with E-state index in [2.05, 4.69) is 11.0 Å². The molecule has 3 rings (SSSR count). The summed E-state index contributed by atoms with van der Waals surface area (Å²) in [5.41, 5.74) is 0. The van der Waals surface area contributed by atoms with Crippen molar-refractivity contribution >= 4 is 21.4 Å². The predicted octanol–water partition coefficient (Wildman–Crippen LogP) is 2.71. The molecule has 0 bridgehead atoms. The van der Waals surface area contributed by atoms with Gasteiger partial charge in [-0.25, -0.2) is 21.6 Å². The first-order chi connectivity index (χ1) is 11.9. The van der Waals surface area contributed by atoms with E-state index in [-0.39, 0.29) is 13.1 Å². The number of hydrogen-bond acceptors (Lipinski definition) is 4. The van der Waals surface area contributed by atoms with Gasteiger partial charge in [-0.1, -0.05) is 6.07 Å². The van der Waals surface area contributed by atoms with Crippen LogP contribution in [0.1, 0.15) is 4.88 Å². The van der Waals surface area contributed by atoms with Crippen LogP contribution in [-0.4, -0.2) is 50.3 Å². The molecule has 9 heteroatoms. The number of sulfonamides is 1. The third kappa shape index (κ3) is 3.89. The first kappa shape index (κ1) is 18.4. The standard InChI is InChI=1S/C16H17F3N2O2S2/c17-13-3-4-14(16(19)15(13)18)25(22,23)21-9-7-20(8-10-21)6-5-12-2-1-11-24-12/h1-4,11H,5-10H2. The van der Waals surface area contributed by atoms with Crippen LogP contribution in [0.25, 0.3) is 0 Å². The molecule has 0 N–H and O–H groups in total. The summed E-state index contributed by atoms with van der Waals surface area (Å²) < 4.78 is 66.3. The summed E-state index contributed by atoms with van der Waals surface area (Å²) in [6.45, 7) is 2.20. The molecule has 4 nitrogen and oxygen atoms in total. The average molecular weight is 390 g/mol. The maximum atomic E-state index is 13.8. The largest absolute Gasteiger partial charge is 0.300 e. The van der Waals surface area contributed by atoms with Gasteiger partial charge in [-0.2, -0.15) is 4.31 Å². The Labute approximate surface area is 148 Å². The Morgan fingerprint density at radius 1 is 1.00 bits per heavy atom. The molecule has 2 heterocycles. The highest BCUT2D eigenvalue weighted by atomic mass is 32.2. The minimum Gasteiger partial charge on any atom is -0.300 e. The van der Waals surface area contributed by atoms with Crippen molar-refractivity contribution in [3.63, 3.8) is 0 Å². The van der Waals surface area contributed by atoms with Crippen LogP contribution in [0.4, 0.5) is 13.2 Å². The van der Waals surface area contributed by atoms with Crippen molar-refractivity contribution in [2.45, 2.75) is 11.3 Å². The van der Waals surface area contributed by atoms with Crippen LogP contribution in [-0.2, 0) is 16.4 Å². The van der Waals surface area contributed by atoms with Crippen LogP contribution in [0.5, 0.6) is 0 Å². The Morgan fingerprint density at radius 2 is 1.72 bits per heavy atom. The number of rotatable bonds is 5. The molecule has 1 saturated heterocycles. The lowest BCUT2D eigenvalue weighted by Crippen LogP contribution is -2.49. The quantitative estimate of drug-likeness (QED) is 0.737. The van der Waals surface area contributed by atoms with Gasteiger partial charge in [-0.3, -0.25) is 0 Å². The topological polar surface area (TPSA) is 40.6 Å². The maximum Gasteiger partial charge on any atom is 0.246 e. The molecule has 1 aromatic carbocycles. The van der Waals surface area contributed by atoms with E-state index in [1.54, 1.807) is 11.3 Å². The molecule has 0 unspecified atom stereocenters. The lowest BCUT2D eigenvalue weighted by molar-refractivity contribution is 0.190.